The van der Waals surface area contributed by atoms with E-state index in [0.717, 1.165) is 18.2 Å². The summed E-state index contributed by atoms with van der Waals surface area (Å²) in [5, 5.41) is 0. The number of benzene rings is 1. The molecule has 2 rings (SSSR count). The Morgan fingerprint density at radius 2 is 1.95 bits per heavy atom. The molecule has 1 aromatic rings. The minimum absolute atomic E-state index is 0.156. The minimum atomic E-state index is -0.748. The molecule has 0 spiro atoms. The Hall–Kier alpha value is -1.98. The number of amides is 1. The van der Waals surface area contributed by atoms with Gasteiger partial charge in [-0.2, -0.15) is 0 Å². The van der Waals surface area contributed by atoms with Gasteiger partial charge in [0.25, 0.3) is 0 Å². The number of likely N-dealkylation sites (tertiary alicyclic amines) is 1. The van der Waals surface area contributed by atoms with Gasteiger partial charge in [0, 0.05) is 19.0 Å². The van der Waals surface area contributed by atoms with Crippen molar-refractivity contribution in [1.29, 1.82) is 0 Å². The van der Waals surface area contributed by atoms with Crippen LogP contribution < -0.4 is 0 Å². The predicted octanol–water partition coefficient (Wildman–Crippen LogP) is 3.40. The maximum absolute atomic E-state index is 13.7. The molecule has 120 valence electrons. The van der Waals surface area contributed by atoms with Crippen LogP contribution in [-0.2, 0) is 4.74 Å². The monoisotopic (exact) mass is 311 g/mol. The first-order chi connectivity index (χ1) is 10.2. The summed E-state index contributed by atoms with van der Waals surface area (Å²) in [6.07, 6.45) is -0.0869. The van der Waals surface area contributed by atoms with E-state index in [2.05, 4.69) is 0 Å². The number of halogens is 2. The third kappa shape index (κ3) is 3.81. The fourth-order valence-electron chi connectivity index (χ4n) is 2.37. The summed E-state index contributed by atoms with van der Waals surface area (Å²) >= 11 is 0. The number of ketones is 1. The average Bonchev–Trinajstić information content (AvgIpc) is 2.88. The minimum Gasteiger partial charge on any atom is -0.444 e. The summed E-state index contributed by atoms with van der Waals surface area (Å²) in [6.45, 7) is 5.79. The van der Waals surface area contributed by atoms with Gasteiger partial charge in [-0.05, 0) is 45.4 Å². The maximum Gasteiger partial charge on any atom is 0.410 e. The molecule has 0 radical (unpaired) electrons. The third-order valence-electron chi connectivity index (χ3n) is 3.40. The smallest absolute Gasteiger partial charge is 0.410 e. The van der Waals surface area contributed by atoms with E-state index in [9.17, 15) is 18.4 Å². The molecule has 6 heteroatoms. The van der Waals surface area contributed by atoms with E-state index < -0.39 is 35.0 Å². The molecule has 1 aliphatic heterocycles. The number of carbonyl (C=O) groups is 2. The second-order valence-electron chi connectivity index (χ2n) is 6.40. The Morgan fingerprint density at radius 1 is 1.27 bits per heavy atom. The van der Waals surface area contributed by atoms with E-state index in [1.165, 1.54) is 4.90 Å². The molecule has 0 aromatic heterocycles. The van der Waals surface area contributed by atoms with Gasteiger partial charge in [-0.15, -0.1) is 0 Å². The molecule has 0 saturated carbocycles. The average molecular weight is 311 g/mol. The zero-order chi connectivity index (χ0) is 16.5. The van der Waals surface area contributed by atoms with Crippen LogP contribution in [0.1, 0.15) is 37.6 Å². The van der Waals surface area contributed by atoms with Crippen molar-refractivity contribution in [3.63, 3.8) is 0 Å². The molecular formula is C16H19F2NO3. The van der Waals surface area contributed by atoms with E-state index in [1.807, 2.05) is 0 Å². The fourth-order valence-corrected chi connectivity index (χ4v) is 2.37. The Bertz CT molecular complexity index is 596. The standard InChI is InChI=1S/C16H19F2NO3/c1-16(2,3)22-15(21)19-7-6-10(9-19)14(20)12-8-11(17)4-5-13(12)18/h4-5,8,10H,6-7,9H2,1-3H3. The van der Waals surface area contributed by atoms with Crippen LogP contribution in [0.5, 0.6) is 0 Å². The van der Waals surface area contributed by atoms with Crippen LogP contribution in [0, 0.1) is 17.6 Å². The lowest BCUT2D eigenvalue weighted by atomic mass is 9.96. The van der Waals surface area contributed by atoms with Gasteiger partial charge >= 0.3 is 6.09 Å². The zero-order valence-electron chi connectivity index (χ0n) is 12.9. The highest BCUT2D eigenvalue weighted by Gasteiger charge is 2.34. The molecule has 22 heavy (non-hydrogen) atoms. The first-order valence-electron chi connectivity index (χ1n) is 7.14. The number of rotatable bonds is 2. The van der Waals surface area contributed by atoms with E-state index >= 15 is 0 Å². The van der Waals surface area contributed by atoms with E-state index in [-0.39, 0.29) is 12.1 Å². The molecule has 1 aromatic carbocycles. The van der Waals surface area contributed by atoms with Gasteiger partial charge in [-0.3, -0.25) is 4.79 Å². The zero-order valence-corrected chi connectivity index (χ0v) is 12.9. The molecule has 0 aliphatic carbocycles. The van der Waals surface area contributed by atoms with Crippen LogP contribution in [0.25, 0.3) is 0 Å². The summed E-state index contributed by atoms with van der Waals surface area (Å²) < 4.78 is 32.1. The molecule has 4 nitrogen and oxygen atoms in total. The van der Waals surface area contributed by atoms with Crippen LogP contribution in [-0.4, -0.2) is 35.5 Å². The fraction of sp³-hybridized carbons (Fsp3) is 0.500. The largest absolute Gasteiger partial charge is 0.444 e. The second kappa shape index (κ2) is 6.02. The molecule has 1 unspecified atom stereocenters. The van der Waals surface area contributed by atoms with E-state index in [1.54, 1.807) is 20.8 Å². The van der Waals surface area contributed by atoms with Gasteiger partial charge in [0.2, 0.25) is 0 Å². The molecule has 1 atom stereocenters. The molecule has 0 bridgehead atoms. The van der Waals surface area contributed by atoms with Crippen LogP contribution in [0.4, 0.5) is 13.6 Å². The highest BCUT2D eigenvalue weighted by atomic mass is 19.1. The lowest BCUT2D eigenvalue weighted by molar-refractivity contribution is 0.0289. The van der Waals surface area contributed by atoms with E-state index in [0.29, 0.717) is 13.0 Å². The Morgan fingerprint density at radius 3 is 2.59 bits per heavy atom. The highest BCUT2D eigenvalue weighted by Crippen LogP contribution is 2.24. The molecule has 1 aliphatic rings. The predicted molar refractivity (Wildman–Crippen MR) is 76.6 cm³/mol. The Labute approximate surface area is 128 Å². The number of hydrogen-bond acceptors (Lipinski definition) is 3. The summed E-state index contributed by atoms with van der Waals surface area (Å²) in [4.78, 5) is 25.7. The number of Topliss-reactive ketones (excluding diaryl/α,β-unsaturated/α-hetero) is 1. The van der Waals surface area contributed by atoms with Gasteiger partial charge in [0.1, 0.15) is 17.2 Å². The molecular weight excluding hydrogens is 292 g/mol. The quantitative estimate of drug-likeness (QED) is 0.786. The van der Waals surface area contributed by atoms with Crippen molar-refractivity contribution in [3.05, 3.63) is 35.4 Å². The van der Waals surface area contributed by atoms with Crippen molar-refractivity contribution in [2.24, 2.45) is 5.92 Å². The van der Waals surface area contributed by atoms with Crippen molar-refractivity contribution in [1.82, 2.24) is 4.90 Å². The van der Waals surface area contributed by atoms with Crippen LogP contribution >= 0.6 is 0 Å². The van der Waals surface area contributed by atoms with E-state index in [4.69, 9.17) is 4.74 Å². The van der Waals surface area contributed by atoms with Gasteiger partial charge in [0.15, 0.2) is 5.78 Å². The number of hydrogen-bond donors (Lipinski definition) is 0. The van der Waals surface area contributed by atoms with Gasteiger partial charge < -0.3 is 9.64 Å². The summed E-state index contributed by atoms with van der Waals surface area (Å²) in [5.74, 6) is -2.43. The molecule has 1 heterocycles. The Balaban J connectivity index is 2.05. The molecule has 1 saturated heterocycles. The van der Waals surface area contributed by atoms with Gasteiger partial charge in [0.05, 0.1) is 5.56 Å². The molecule has 1 fully saturated rings. The van der Waals surface area contributed by atoms with Gasteiger partial charge in [-0.1, -0.05) is 0 Å². The van der Waals surface area contributed by atoms with Crippen LogP contribution in [0.15, 0.2) is 18.2 Å². The number of nitrogens with zero attached hydrogens (tertiary/aromatic N) is 1. The summed E-state index contributed by atoms with van der Waals surface area (Å²) in [7, 11) is 0. The first-order valence-corrected chi connectivity index (χ1v) is 7.14. The summed E-state index contributed by atoms with van der Waals surface area (Å²) in [5.41, 5.74) is -0.885. The topological polar surface area (TPSA) is 46.6 Å². The first kappa shape index (κ1) is 16.4. The second-order valence-corrected chi connectivity index (χ2v) is 6.40. The number of carbonyl (C=O) groups excluding carboxylic acids is 2. The SMILES string of the molecule is CC(C)(C)OC(=O)N1CCC(C(=O)c2cc(F)ccc2F)C1. The highest BCUT2D eigenvalue weighted by molar-refractivity contribution is 5.98. The van der Waals surface area contributed by atoms with Crippen molar-refractivity contribution in [2.45, 2.75) is 32.8 Å². The Kier molecular flexibility index (Phi) is 4.49. The van der Waals surface area contributed by atoms with Crippen molar-refractivity contribution < 1.29 is 23.1 Å². The van der Waals surface area contributed by atoms with Crippen molar-refractivity contribution in [2.75, 3.05) is 13.1 Å². The summed E-state index contributed by atoms with van der Waals surface area (Å²) in [6, 6.07) is 2.80. The normalized spacial score (nSPS) is 18.4. The number of ether oxygens (including phenoxy) is 1. The van der Waals surface area contributed by atoms with Crippen LogP contribution in [0.3, 0.4) is 0 Å². The molecule has 0 N–H and O–H groups in total. The van der Waals surface area contributed by atoms with Crippen LogP contribution in [0.2, 0.25) is 0 Å². The van der Waals surface area contributed by atoms with Crippen molar-refractivity contribution >= 4 is 11.9 Å². The van der Waals surface area contributed by atoms with Crippen molar-refractivity contribution in [3.8, 4) is 0 Å². The maximum atomic E-state index is 13.7. The molecule has 1 amide bonds. The van der Waals surface area contributed by atoms with Gasteiger partial charge in [-0.25, -0.2) is 13.6 Å². The lowest BCUT2D eigenvalue weighted by Gasteiger charge is -2.24. The lowest BCUT2D eigenvalue weighted by Crippen LogP contribution is -2.35. The third-order valence-corrected chi connectivity index (χ3v) is 3.40.